The number of aromatic hydroxyl groups is 1. The van der Waals surface area contributed by atoms with Gasteiger partial charge in [0, 0.05) is 12.6 Å². The Morgan fingerprint density at radius 3 is 2.32 bits per heavy atom. The summed E-state index contributed by atoms with van der Waals surface area (Å²) in [7, 11) is 0. The highest BCUT2D eigenvalue weighted by molar-refractivity contribution is 5.97. The van der Waals surface area contributed by atoms with Crippen LogP contribution in [0.1, 0.15) is 67.4 Å². The summed E-state index contributed by atoms with van der Waals surface area (Å²) < 4.78 is 2.21. The number of hydrogen-bond donors (Lipinski definition) is 4. The van der Waals surface area contributed by atoms with Crippen LogP contribution < -0.4 is 21.9 Å². The van der Waals surface area contributed by atoms with Gasteiger partial charge in [-0.3, -0.25) is 23.5 Å². The molecule has 2 heterocycles. The third kappa shape index (κ3) is 3.96. The number of piperidine rings is 1. The molecule has 1 aliphatic heterocycles. The normalized spacial score (nSPS) is 20.6. The van der Waals surface area contributed by atoms with Gasteiger partial charge in [-0.15, -0.1) is 0 Å². The summed E-state index contributed by atoms with van der Waals surface area (Å²) in [6.45, 7) is 0.512. The highest BCUT2D eigenvalue weighted by Crippen LogP contribution is 2.30. The van der Waals surface area contributed by atoms with E-state index in [4.69, 9.17) is 5.11 Å². The van der Waals surface area contributed by atoms with Crippen molar-refractivity contribution < 1.29 is 19.8 Å². The van der Waals surface area contributed by atoms with Crippen molar-refractivity contribution in [1.82, 2.24) is 19.8 Å². The Balaban J connectivity index is 2.14. The minimum atomic E-state index is -1.27. The van der Waals surface area contributed by atoms with Gasteiger partial charge in [0.2, 0.25) is 5.88 Å². The van der Waals surface area contributed by atoms with E-state index in [9.17, 15) is 24.3 Å². The first-order chi connectivity index (χ1) is 13.4. The maximum Gasteiger partial charge on any atom is 0.334 e. The molecule has 154 valence electrons. The molecule has 2 fully saturated rings. The monoisotopic (exact) mass is 394 g/mol. The van der Waals surface area contributed by atoms with Crippen molar-refractivity contribution in [1.29, 1.82) is 0 Å². The van der Waals surface area contributed by atoms with E-state index >= 15 is 0 Å². The average Bonchev–Trinajstić information content (AvgIpc) is 2.68. The molecular weight excluding hydrogens is 368 g/mol. The first-order valence-electron chi connectivity index (χ1n) is 9.72. The van der Waals surface area contributed by atoms with Crippen LogP contribution in [0.25, 0.3) is 0 Å². The molecule has 1 aromatic heterocycles. The summed E-state index contributed by atoms with van der Waals surface area (Å²) >= 11 is 0. The van der Waals surface area contributed by atoms with Gasteiger partial charge in [-0.25, -0.2) is 4.79 Å². The van der Waals surface area contributed by atoms with Gasteiger partial charge in [-0.2, -0.15) is 0 Å². The lowest BCUT2D eigenvalue weighted by Crippen LogP contribution is -2.50. The first kappa shape index (κ1) is 20.1. The van der Waals surface area contributed by atoms with E-state index in [2.05, 4.69) is 10.6 Å². The number of nitrogens with zero attached hydrogens (tertiary/aromatic N) is 2. The Labute approximate surface area is 161 Å². The number of carboxylic acids is 1. The quantitative estimate of drug-likeness (QED) is 0.549. The van der Waals surface area contributed by atoms with E-state index in [-0.39, 0.29) is 6.04 Å². The molecule has 1 saturated heterocycles. The molecule has 0 radical (unpaired) electrons. The van der Waals surface area contributed by atoms with Crippen LogP contribution in [0.2, 0.25) is 0 Å². The van der Waals surface area contributed by atoms with E-state index < -0.39 is 47.2 Å². The second-order valence-corrected chi connectivity index (χ2v) is 7.39. The van der Waals surface area contributed by atoms with Gasteiger partial charge < -0.3 is 20.8 Å². The Kier molecular flexibility index (Phi) is 6.18. The Bertz CT molecular complexity index is 862. The highest BCUT2D eigenvalue weighted by Gasteiger charge is 2.31. The van der Waals surface area contributed by atoms with Crippen LogP contribution in [0.3, 0.4) is 0 Å². The number of rotatable bonds is 5. The molecule has 0 unspecified atom stereocenters. The second-order valence-electron chi connectivity index (χ2n) is 7.39. The topological polar surface area (TPSA) is 143 Å². The summed E-state index contributed by atoms with van der Waals surface area (Å²) in [5, 5.41) is 24.7. The van der Waals surface area contributed by atoms with Gasteiger partial charge in [0.25, 0.3) is 11.5 Å². The number of nitrogens with one attached hydrogen (secondary N) is 2. The third-order valence-electron chi connectivity index (χ3n) is 5.50. The fourth-order valence-corrected chi connectivity index (χ4v) is 4.12. The maximum atomic E-state index is 13.2. The van der Waals surface area contributed by atoms with Gasteiger partial charge in [0.15, 0.2) is 5.56 Å². The number of aliphatic carboxylic acids is 1. The maximum absolute atomic E-state index is 13.2. The van der Waals surface area contributed by atoms with Crippen molar-refractivity contribution in [3.63, 3.8) is 0 Å². The Hall–Kier alpha value is -2.62. The predicted octanol–water partition coefficient (Wildman–Crippen LogP) is -0.0403. The zero-order chi connectivity index (χ0) is 20.3. The summed E-state index contributed by atoms with van der Waals surface area (Å²) in [6.07, 6.45) is 5.54. The molecular formula is C18H26N4O6. The van der Waals surface area contributed by atoms with E-state index in [0.29, 0.717) is 25.8 Å². The number of carboxylic acid groups (broad SMARTS) is 1. The van der Waals surface area contributed by atoms with Crippen molar-refractivity contribution in [2.24, 2.45) is 0 Å². The van der Waals surface area contributed by atoms with Gasteiger partial charge in [-0.1, -0.05) is 19.3 Å². The van der Waals surface area contributed by atoms with Gasteiger partial charge in [0.05, 0.1) is 6.04 Å². The van der Waals surface area contributed by atoms with Gasteiger partial charge >= 0.3 is 11.7 Å². The third-order valence-corrected chi connectivity index (χ3v) is 5.50. The molecule has 0 bridgehead atoms. The van der Waals surface area contributed by atoms with Crippen LogP contribution in [0.5, 0.6) is 5.88 Å². The first-order valence-corrected chi connectivity index (χ1v) is 9.72. The average molecular weight is 394 g/mol. The number of amides is 1. The molecule has 1 atom stereocenters. The zero-order valence-corrected chi connectivity index (χ0v) is 15.6. The standard InChI is InChI=1S/C18H26N4O6/c23-13(24)10-20-15(25)14-16(26)21(11-5-2-1-3-6-11)18(28)22(17(14)27)12-7-4-8-19-9-12/h11-12,19,26H,1-10H2,(H,20,25)(H,23,24)/t12-/m0/s1. The van der Waals surface area contributed by atoms with Crippen LogP contribution in [0.15, 0.2) is 9.59 Å². The molecule has 3 rings (SSSR count). The number of carbonyl (C=O) groups is 2. The van der Waals surface area contributed by atoms with E-state index in [0.717, 1.165) is 41.4 Å². The molecule has 0 aromatic carbocycles. The van der Waals surface area contributed by atoms with Crippen LogP contribution in [-0.2, 0) is 4.79 Å². The minimum Gasteiger partial charge on any atom is -0.494 e. The highest BCUT2D eigenvalue weighted by atomic mass is 16.4. The van der Waals surface area contributed by atoms with Crippen LogP contribution in [0.4, 0.5) is 0 Å². The molecule has 1 amide bonds. The number of hydrogen-bond acceptors (Lipinski definition) is 6. The minimum absolute atomic E-state index is 0.296. The number of carbonyl (C=O) groups excluding carboxylic acids is 1. The molecule has 1 aromatic rings. The van der Waals surface area contributed by atoms with Crippen molar-refractivity contribution in [3.05, 3.63) is 26.4 Å². The molecule has 10 nitrogen and oxygen atoms in total. The Morgan fingerprint density at radius 2 is 1.71 bits per heavy atom. The van der Waals surface area contributed by atoms with Crippen molar-refractivity contribution in [2.75, 3.05) is 19.6 Å². The van der Waals surface area contributed by atoms with E-state index in [1.165, 1.54) is 0 Å². The van der Waals surface area contributed by atoms with Crippen LogP contribution >= 0.6 is 0 Å². The predicted molar refractivity (Wildman–Crippen MR) is 99.9 cm³/mol. The van der Waals surface area contributed by atoms with Crippen LogP contribution in [0, 0.1) is 0 Å². The molecule has 0 spiro atoms. The van der Waals surface area contributed by atoms with Gasteiger partial charge in [0.1, 0.15) is 6.54 Å². The van der Waals surface area contributed by atoms with E-state index in [1.54, 1.807) is 0 Å². The smallest absolute Gasteiger partial charge is 0.334 e. The molecule has 28 heavy (non-hydrogen) atoms. The lowest BCUT2D eigenvalue weighted by molar-refractivity contribution is -0.135. The van der Waals surface area contributed by atoms with Crippen molar-refractivity contribution >= 4 is 11.9 Å². The molecule has 1 saturated carbocycles. The van der Waals surface area contributed by atoms with Crippen molar-refractivity contribution in [2.45, 2.75) is 57.0 Å². The summed E-state index contributed by atoms with van der Waals surface area (Å²) in [6, 6.07) is -0.717. The molecule has 2 aliphatic rings. The van der Waals surface area contributed by atoms with Crippen molar-refractivity contribution in [3.8, 4) is 5.88 Å². The summed E-state index contributed by atoms with van der Waals surface area (Å²) in [4.78, 5) is 49.4. The molecule has 1 aliphatic carbocycles. The van der Waals surface area contributed by atoms with Gasteiger partial charge in [-0.05, 0) is 32.2 Å². The largest absolute Gasteiger partial charge is 0.494 e. The molecule has 10 heteroatoms. The van der Waals surface area contributed by atoms with E-state index in [1.807, 2.05) is 0 Å². The molecule has 4 N–H and O–H groups in total. The zero-order valence-electron chi connectivity index (χ0n) is 15.6. The Morgan fingerprint density at radius 1 is 1.04 bits per heavy atom. The van der Waals surface area contributed by atoms with Crippen LogP contribution in [-0.4, -0.2) is 50.9 Å². The summed E-state index contributed by atoms with van der Waals surface area (Å²) in [5.41, 5.74) is -2.07. The lowest BCUT2D eigenvalue weighted by Gasteiger charge is -2.29. The fraction of sp³-hybridized carbons (Fsp3) is 0.667. The fourth-order valence-electron chi connectivity index (χ4n) is 4.12. The lowest BCUT2D eigenvalue weighted by atomic mass is 9.95. The second kappa shape index (κ2) is 8.59. The SMILES string of the molecule is O=C(O)CNC(=O)c1c(O)n(C2CCCCC2)c(=O)n([C@H]2CCCNC2)c1=O. The summed E-state index contributed by atoms with van der Waals surface area (Å²) in [5.74, 6) is -2.94. The number of aromatic nitrogens is 2.